The molecule has 0 spiro atoms. The Morgan fingerprint density at radius 1 is 1.11 bits per heavy atom. The molecule has 0 saturated carbocycles. The van der Waals surface area contributed by atoms with E-state index in [-0.39, 0.29) is 22.5 Å². The van der Waals surface area contributed by atoms with E-state index in [1.165, 1.54) is 36.0 Å². The Bertz CT molecular complexity index is 935. The number of nitrogens with one attached hydrogen (secondary N) is 2. The lowest BCUT2D eigenvalue weighted by Crippen LogP contribution is -2.25. The van der Waals surface area contributed by atoms with Crippen LogP contribution in [0.4, 0.5) is 10.1 Å². The van der Waals surface area contributed by atoms with Gasteiger partial charge in [-0.25, -0.2) is 4.39 Å². The molecular formula is C18H16FN5O2S2. The Morgan fingerprint density at radius 3 is 2.68 bits per heavy atom. The summed E-state index contributed by atoms with van der Waals surface area (Å²) in [5.74, 6) is -0.151. The Labute approximate surface area is 168 Å². The van der Waals surface area contributed by atoms with Crippen molar-refractivity contribution in [3.63, 3.8) is 0 Å². The molecule has 0 atom stereocenters. The minimum absolute atomic E-state index is 0.102. The summed E-state index contributed by atoms with van der Waals surface area (Å²) < 4.78 is 12.9. The lowest BCUT2D eigenvalue weighted by atomic mass is 10.3. The van der Waals surface area contributed by atoms with Crippen LogP contribution in [0.2, 0.25) is 0 Å². The predicted octanol–water partition coefficient (Wildman–Crippen LogP) is 2.87. The third-order valence-electron chi connectivity index (χ3n) is 3.41. The molecule has 3 aromatic rings. The molecule has 1 aromatic carbocycles. The average molecular weight is 417 g/mol. The van der Waals surface area contributed by atoms with Gasteiger partial charge in [-0.2, -0.15) is 0 Å². The number of rotatable bonds is 8. The van der Waals surface area contributed by atoms with Crippen molar-refractivity contribution in [1.29, 1.82) is 0 Å². The van der Waals surface area contributed by atoms with Crippen LogP contribution < -0.4 is 10.6 Å². The number of hydrogen-bond donors (Lipinski definition) is 2. The van der Waals surface area contributed by atoms with Gasteiger partial charge >= 0.3 is 0 Å². The standard InChI is InChI=1S/C18H16FN5O2S2/c19-12-4-6-13(7-5-12)22-17(26)18-24-23-16(28-18)11-27-10-15(25)21-9-14-3-1-2-8-20-14/h1-8H,9-11H2,(H,21,25)(H,22,26). The summed E-state index contributed by atoms with van der Waals surface area (Å²) in [6.07, 6.45) is 1.68. The molecule has 0 unspecified atom stereocenters. The number of benzene rings is 1. The number of anilines is 1. The zero-order chi connectivity index (χ0) is 19.8. The summed E-state index contributed by atoms with van der Waals surface area (Å²) in [6.45, 7) is 0.382. The fraction of sp³-hybridized carbons (Fsp3) is 0.167. The van der Waals surface area contributed by atoms with E-state index < -0.39 is 5.91 Å². The van der Waals surface area contributed by atoms with E-state index in [2.05, 4.69) is 25.8 Å². The molecule has 28 heavy (non-hydrogen) atoms. The molecule has 2 amide bonds. The number of carbonyl (C=O) groups excluding carboxylic acids is 2. The molecule has 0 aliphatic heterocycles. The summed E-state index contributed by atoms with van der Waals surface area (Å²) in [6, 6.07) is 11.0. The van der Waals surface area contributed by atoms with Gasteiger partial charge in [-0.1, -0.05) is 17.4 Å². The minimum atomic E-state index is -0.409. The first-order valence-electron chi connectivity index (χ1n) is 8.24. The second-order valence-corrected chi connectivity index (χ2v) is 7.60. The van der Waals surface area contributed by atoms with Crippen LogP contribution in [-0.4, -0.2) is 32.7 Å². The van der Waals surface area contributed by atoms with Crippen LogP contribution in [0.5, 0.6) is 0 Å². The summed E-state index contributed by atoms with van der Waals surface area (Å²) in [7, 11) is 0. The normalized spacial score (nSPS) is 10.5. The number of nitrogens with zero attached hydrogens (tertiary/aromatic N) is 3. The minimum Gasteiger partial charge on any atom is -0.350 e. The number of carbonyl (C=O) groups is 2. The molecule has 144 valence electrons. The smallest absolute Gasteiger partial charge is 0.286 e. The van der Waals surface area contributed by atoms with Gasteiger partial charge in [0.15, 0.2) is 0 Å². The van der Waals surface area contributed by atoms with E-state index >= 15 is 0 Å². The van der Waals surface area contributed by atoms with Crippen molar-refractivity contribution in [3.05, 3.63) is 70.2 Å². The van der Waals surface area contributed by atoms with Gasteiger partial charge in [-0.15, -0.1) is 22.0 Å². The van der Waals surface area contributed by atoms with Crippen LogP contribution in [0.15, 0.2) is 48.7 Å². The van der Waals surface area contributed by atoms with Crippen molar-refractivity contribution in [3.8, 4) is 0 Å². The Hall–Kier alpha value is -2.85. The van der Waals surface area contributed by atoms with Gasteiger partial charge in [0.05, 0.1) is 18.0 Å². The predicted molar refractivity (Wildman–Crippen MR) is 107 cm³/mol. The zero-order valence-corrected chi connectivity index (χ0v) is 16.2. The van der Waals surface area contributed by atoms with Crippen LogP contribution in [0.25, 0.3) is 0 Å². The number of hydrogen-bond acceptors (Lipinski definition) is 7. The van der Waals surface area contributed by atoms with E-state index in [1.807, 2.05) is 18.2 Å². The van der Waals surface area contributed by atoms with Gasteiger partial charge in [0, 0.05) is 17.6 Å². The second kappa shape index (κ2) is 9.90. The van der Waals surface area contributed by atoms with Crippen LogP contribution in [0.3, 0.4) is 0 Å². The largest absolute Gasteiger partial charge is 0.350 e. The van der Waals surface area contributed by atoms with Gasteiger partial charge in [-0.3, -0.25) is 14.6 Å². The maximum Gasteiger partial charge on any atom is 0.286 e. The molecule has 0 saturated heterocycles. The molecule has 7 nitrogen and oxygen atoms in total. The third kappa shape index (κ3) is 6.10. The van der Waals surface area contributed by atoms with Crippen LogP contribution in [0.1, 0.15) is 20.5 Å². The molecule has 3 rings (SSSR count). The summed E-state index contributed by atoms with van der Waals surface area (Å²) in [4.78, 5) is 28.1. The second-order valence-electron chi connectivity index (χ2n) is 5.55. The van der Waals surface area contributed by atoms with Crippen molar-refractivity contribution in [2.24, 2.45) is 0 Å². The summed E-state index contributed by atoms with van der Waals surface area (Å²) in [5.41, 5.74) is 1.27. The highest BCUT2D eigenvalue weighted by atomic mass is 32.2. The fourth-order valence-electron chi connectivity index (χ4n) is 2.10. The van der Waals surface area contributed by atoms with E-state index in [0.29, 0.717) is 23.0 Å². The third-order valence-corrected chi connectivity index (χ3v) is 5.46. The highest BCUT2D eigenvalue weighted by Crippen LogP contribution is 2.18. The fourth-order valence-corrected chi connectivity index (χ4v) is 3.73. The van der Waals surface area contributed by atoms with Crippen molar-refractivity contribution < 1.29 is 14.0 Å². The van der Waals surface area contributed by atoms with E-state index in [0.717, 1.165) is 17.0 Å². The topological polar surface area (TPSA) is 96.9 Å². The highest BCUT2D eigenvalue weighted by Gasteiger charge is 2.13. The van der Waals surface area contributed by atoms with Gasteiger partial charge in [0.25, 0.3) is 5.91 Å². The Balaban J connectivity index is 1.41. The summed E-state index contributed by atoms with van der Waals surface area (Å²) >= 11 is 2.54. The molecule has 0 radical (unpaired) electrons. The van der Waals surface area contributed by atoms with Crippen molar-refractivity contribution in [2.75, 3.05) is 11.1 Å². The first kappa shape index (κ1) is 19.9. The summed E-state index contributed by atoms with van der Waals surface area (Å²) in [5, 5.41) is 14.1. The molecule has 0 bridgehead atoms. The van der Waals surface area contributed by atoms with Crippen LogP contribution in [-0.2, 0) is 17.1 Å². The Kier molecular flexibility index (Phi) is 7.04. The van der Waals surface area contributed by atoms with E-state index in [1.54, 1.807) is 6.20 Å². The molecule has 2 heterocycles. The first-order valence-corrected chi connectivity index (χ1v) is 10.2. The molecule has 2 N–H and O–H groups in total. The Morgan fingerprint density at radius 2 is 1.93 bits per heavy atom. The average Bonchev–Trinajstić information content (AvgIpc) is 3.18. The molecule has 0 fully saturated rings. The number of amides is 2. The maximum absolute atomic E-state index is 12.9. The van der Waals surface area contributed by atoms with E-state index in [4.69, 9.17) is 0 Å². The van der Waals surface area contributed by atoms with Gasteiger partial charge < -0.3 is 10.6 Å². The maximum atomic E-state index is 12.9. The monoisotopic (exact) mass is 417 g/mol. The van der Waals surface area contributed by atoms with Crippen LogP contribution in [0, 0.1) is 5.82 Å². The van der Waals surface area contributed by atoms with E-state index in [9.17, 15) is 14.0 Å². The van der Waals surface area contributed by atoms with Gasteiger partial charge in [0.2, 0.25) is 10.9 Å². The molecule has 0 aliphatic rings. The van der Waals surface area contributed by atoms with Crippen molar-refractivity contribution in [2.45, 2.75) is 12.3 Å². The molecular weight excluding hydrogens is 401 g/mol. The lowest BCUT2D eigenvalue weighted by Gasteiger charge is -2.03. The zero-order valence-electron chi connectivity index (χ0n) is 14.6. The van der Waals surface area contributed by atoms with Gasteiger partial charge in [0.1, 0.15) is 10.8 Å². The first-order chi connectivity index (χ1) is 13.6. The lowest BCUT2D eigenvalue weighted by molar-refractivity contribution is -0.118. The van der Waals surface area contributed by atoms with Crippen LogP contribution >= 0.6 is 23.1 Å². The number of pyridine rings is 1. The number of thioether (sulfide) groups is 1. The SMILES string of the molecule is O=C(CSCc1nnc(C(=O)Nc2ccc(F)cc2)s1)NCc1ccccn1. The van der Waals surface area contributed by atoms with Gasteiger partial charge in [-0.05, 0) is 36.4 Å². The van der Waals surface area contributed by atoms with Crippen molar-refractivity contribution >= 4 is 40.6 Å². The molecule has 0 aliphatic carbocycles. The number of aromatic nitrogens is 3. The van der Waals surface area contributed by atoms with Crippen molar-refractivity contribution in [1.82, 2.24) is 20.5 Å². The molecule has 10 heteroatoms. The highest BCUT2D eigenvalue weighted by molar-refractivity contribution is 7.99. The number of halogens is 1. The quantitative estimate of drug-likeness (QED) is 0.585. The molecule has 2 aromatic heterocycles.